The van der Waals surface area contributed by atoms with Crippen LogP contribution in [-0.4, -0.2) is 17.5 Å². The molecule has 2 rings (SSSR count). The van der Waals surface area contributed by atoms with Crippen LogP contribution in [0.3, 0.4) is 0 Å². The van der Waals surface area contributed by atoms with Gasteiger partial charge in [-0.1, -0.05) is 6.07 Å². The molecule has 1 heterocycles. The van der Waals surface area contributed by atoms with E-state index >= 15 is 0 Å². The fourth-order valence-corrected chi connectivity index (χ4v) is 1.67. The highest BCUT2D eigenvalue weighted by atomic mass is 16.5. The first-order valence-corrected chi connectivity index (χ1v) is 6.17. The fourth-order valence-electron chi connectivity index (χ4n) is 1.67. The van der Waals surface area contributed by atoms with Gasteiger partial charge in [-0.25, -0.2) is 4.98 Å². The van der Waals surface area contributed by atoms with E-state index in [1.165, 1.54) is 0 Å². The second kappa shape index (κ2) is 6.00. The molecule has 2 aromatic rings. The number of carbonyl (C=O) groups is 1. The van der Waals surface area contributed by atoms with Crippen LogP contribution in [-0.2, 0) is 0 Å². The topological polar surface area (TPSA) is 51.2 Å². The summed E-state index contributed by atoms with van der Waals surface area (Å²) >= 11 is 0. The lowest BCUT2D eigenvalue weighted by Crippen LogP contribution is -2.13. The Morgan fingerprint density at radius 2 is 1.95 bits per heavy atom. The van der Waals surface area contributed by atoms with Crippen molar-refractivity contribution in [2.24, 2.45) is 0 Å². The Hall–Kier alpha value is -2.36. The quantitative estimate of drug-likeness (QED) is 0.914. The lowest BCUT2D eigenvalue weighted by molar-refractivity contribution is 0.102. The van der Waals surface area contributed by atoms with Gasteiger partial charge in [0.2, 0.25) is 0 Å². The number of nitrogens with one attached hydrogen (secondary N) is 1. The standard InChI is InChI=1S/C15H16N2O2/c1-3-19-13-9-7-12(8-10-13)17-15(18)14-6-4-5-11(2)16-14/h4-10H,3H2,1-2H3,(H,17,18). The van der Waals surface area contributed by atoms with Crippen molar-refractivity contribution in [3.05, 3.63) is 53.9 Å². The van der Waals surface area contributed by atoms with E-state index in [-0.39, 0.29) is 5.91 Å². The summed E-state index contributed by atoms with van der Waals surface area (Å²) in [5.74, 6) is 0.571. The van der Waals surface area contributed by atoms with Crippen molar-refractivity contribution in [3.8, 4) is 5.75 Å². The molecule has 1 amide bonds. The number of hydrogen-bond acceptors (Lipinski definition) is 3. The van der Waals surface area contributed by atoms with Crippen LogP contribution >= 0.6 is 0 Å². The molecule has 0 aliphatic rings. The third-order valence-corrected chi connectivity index (χ3v) is 2.54. The van der Waals surface area contributed by atoms with Crippen molar-refractivity contribution < 1.29 is 9.53 Å². The van der Waals surface area contributed by atoms with Gasteiger partial charge in [0.15, 0.2) is 0 Å². The largest absolute Gasteiger partial charge is 0.494 e. The van der Waals surface area contributed by atoms with Gasteiger partial charge in [0.05, 0.1) is 6.61 Å². The third kappa shape index (κ3) is 3.55. The molecule has 0 saturated carbocycles. The zero-order chi connectivity index (χ0) is 13.7. The number of amides is 1. The highest BCUT2D eigenvalue weighted by Crippen LogP contribution is 2.16. The Morgan fingerprint density at radius 3 is 2.58 bits per heavy atom. The van der Waals surface area contributed by atoms with Gasteiger partial charge in [0.1, 0.15) is 11.4 Å². The van der Waals surface area contributed by atoms with E-state index in [1.807, 2.05) is 38.1 Å². The number of pyridine rings is 1. The number of hydrogen-bond donors (Lipinski definition) is 1. The summed E-state index contributed by atoms with van der Waals surface area (Å²) in [6.45, 7) is 4.41. The Morgan fingerprint density at radius 1 is 1.21 bits per heavy atom. The van der Waals surface area contributed by atoms with Crippen LogP contribution in [0.1, 0.15) is 23.1 Å². The number of aryl methyl sites for hydroxylation is 1. The highest BCUT2D eigenvalue weighted by molar-refractivity contribution is 6.02. The predicted molar refractivity (Wildman–Crippen MR) is 74.5 cm³/mol. The van der Waals surface area contributed by atoms with Crippen LogP contribution in [0.15, 0.2) is 42.5 Å². The molecule has 0 saturated heterocycles. The summed E-state index contributed by atoms with van der Waals surface area (Å²) in [5, 5.41) is 2.80. The smallest absolute Gasteiger partial charge is 0.274 e. The van der Waals surface area contributed by atoms with Crippen LogP contribution in [0.4, 0.5) is 5.69 Å². The van der Waals surface area contributed by atoms with Crippen molar-refractivity contribution >= 4 is 11.6 Å². The summed E-state index contributed by atoms with van der Waals surface area (Å²) in [5.41, 5.74) is 1.95. The third-order valence-electron chi connectivity index (χ3n) is 2.54. The lowest BCUT2D eigenvalue weighted by Gasteiger charge is -2.07. The maximum absolute atomic E-state index is 12.0. The first-order chi connectivity index (χ1) is 9.19. The van der Waals surface area contributed by atoms with Crippen LogP contribution in [0.25, 0.3) is 0 Å². The molecule has 0 spiro atoms. The molecule has 0 atom stereocenters. The van der Waals surface area contributed by atoms with Crippen LogP contribution in [0.5, 0.6) is 5.75 Å². The molecular weight excluding hydrogens is 240 g/mol. The van der Waals surface area contributed by atoms with E-state index in [2.05, 4.69) is 10.3 Å². The minimum atomic E-state index is -0.215. The Bertz CT molecular complexity index is 565. The summed E-state index contributed by atoms with van der Waals surface area (Å²) in [4.78, 5) is 16.2. The molecule has 0 unspecified atom stereocenters. The van der Waals surface area contributed by atoms with Gasteiger partial charge in [-0.2, -0.15) is 0 Å². The maximum Gasteiger partial charge on any atom is 0.274 e. The van der Waals surface area contributed by atoms with Gasteiger partial charge in [-0.3, -0.25) is 4.79 Å². The zero-order valence-electron chi connectivity index (χ0n) is 11.0. The molecule has 0 aliphatic carbocycles. The molecule has 1 aromatic carbocycles. The summed E-state index contributed by atoms with van der Waals surface area (Å²) < 4.78 is 5.34. The van der Waals surface area contributed by atoms with Gasteiger partial charge >= 0.3 is 0 Å². The van der Waals surface area contributed by atoms with Gasteiger partial charge in [-0.15, -0.1) is 0 Å². The molecular formula is C15H16N2O2. The van der Waals surface area contributed by atoms with Gasteiger partial charge in [0.25, 0.3) is 5.91 Å². The van der Waals surface area contributed by atoms with Crippen LogP contribution in [0, 0.1) is 6.92 Å². The van der Waals surface area contributed by atoms with E-state index in [0.29, 0.717) is 12.3 Å². The molecule has 1 N–H and O–H groups in total. The molecule has 19 heavy (non-hydrogen) atoms. The molecule has 0 aliphatic heterocycles. The number of nitrogens with zero attached hydrogens (tertiary/aromatic N) is 1. The average Bonchev–Trinajstić information content (AvgIpc) is 2.41. The maximum atomic E-state index is 12.0. The molecule has 0 radical (unpaired) electrons. The second-order valence-electron chi connectivity index (χ2n) is 4.08. The number of carbonyl (C=O) groups excluding carboxylic acids is 1. The first-order valence-electron chi connectivity index (χ1n) is 6.17. The monoisotopic (exact) mass is 256 g/mol. The van der Waals surface area contributed by atoms with E-state index in [9.17, 15) is 4.79 Å². The molecule has 98 valence electrons. The average molecular weight is 256 g/mol. The minimum absolute atomic E-state index is 0.215. The number of rotatable bonds is 4. The van der Waals surface area contributed by atoms with Gasteiger partial charge < -0.3 is 10.1 Å². The Balaban J connectivity index is 2.06. The number of benzene rings is 1. The van der Waals surface area contributed by atoms with Crippen molar-refractivity contribution in [1.29, 1.82) is 0 Å². The van der Waals surface area contributed by atoms with E-state index < -0.39 is 0 Å². The Kier molecular flexibility index (Phi) is 4.13. The fraction of sp³-hybridized carbons (Fsp3) is 0.200. The van der Waals surface area contributed by atoms with E-state index in [4.69, 9.17) is 4.74 Å². The SMILES string of the molecule is CCOc1ccc(NC(=O)c2cccc(C)n2)cc1. The summed E-state index contributed by atoms with van der Waals surface area (Å²) in [6.07, 6.45) is 0. The van der Waals surface area contributed by atoms with Crippen molar-refractivity contribution in [2.45, 2.75) is 13.8 Å². The molecule has 4 heteroatoms. The zero-order valence-corrected chi connectivity index (χ0v) is 11.0. The second-order valence-corrected chi connectivity index (χ2v) is 4.08. The minimum Gasteiger partial charge on any atom is -0.494 e. The number of anilines is 1. The Labute approximate surface area is 112 Å². The number of ether oxygens (including phenoxy) is 1. The van der Waals surface area contributed by atoms with E-state index in [1.54, 1.807) is 18.2 Å². The first kappa shape index (κ1) is 13.1. The summed E-state index contributed by atoms with van der Waals surface area (Å²) in [6, 6.07) is 12.6. The van der Waals surface area contributed by atoms with Gasteiger partial charge in [0, 0.05) is 11.4 Å². The normalized spacial score (nSPS) is 10.0. The highest BCUT2D eigenvalue weighted by Gasteiger charge is 2.07. The van der Waals surface area contributed by atoms with E-state index in [0.717, 1.165) is 17.1 Å². The summed E-state index contributed by atoms with van der Waals surface area (Å²) in [7, 11) is 0. The number of aromatic nitrogens is 1. The molecule has 0 bridgehead atoms. The van der Waals surface area contributed by atoms with Gasteiger partial charge in [-0.05, 0) is 50.2 Å². The predicted octanol–water partition coefficient (Wildman–Crippen LogP) is 3.04. The molecule has 1 aromatic heterocycles. The molecule has 4 nitrogen and oxygen atoms in total. The van der Waals surface area contributed by atoms with Crippen molar-refractivity contribution in [2.75, 3.05) is 11.9 Å². The van der Waals surface area contributed by atoms with Crippen LogP contribution < -0.4 is 10.1 Å². The van der Waals surface area contributed by atoms with Crippen LogP contribution in [0.2, 0.25) is 0 Å². The molecule has 0 fully saturated rings. The van der Waals surface area contributed by atoms with Crippen molar-refractivity contribution in [1.82, 2.24) is 4.98 Å². The lowest BCUT2D eigenvalue weighted by atomic mass is 10.2. The van der Waals surface area contributed by atoms with Crippen molar-refractivity contribution in [3.63, 3.8) is 0 Å².